The second-order valence-electron chi connectivity index (χ2n) is 12.2. The highest BCUT2D eigenvalue weighted by atomic mass is 16.2. The lowest BCUT2D eigenvalue weighted by molar-refractivity contribution is -0.136. The molecule has 0 radical (unpaired) electrons. The monoisotopic (exact) mass is 524 g/mol. The number of piperazine rings is 1. The van der Waals surface area contributed by atoms with Crippen LogP contribution in [0.25, 0.3) is 27.8 Å². The lowest BCUT2D eigenvalue weighted by Gasteiger charge is -2.43. The maximum Gasteiger partial charge on any atom is 0.223 e. The first kappa shape index (κ1) is 25.3. The molecule has 0 unspecified atom stereocenters. The van der Waals surface area contributed by atoms with Crippen LogP contribution >= 0.6 is 0 Å². The molecular weight excluding hydrogens is 488 g/mol. The molecule has 0 atom stereocenters. The van der Waals surface area contributed by atoms with Crippen molar-refractivity contribution in [3.63, 3.8) is 0 Å². The van der Waals surface area contributed by atoms with Gasteiger partial charge in [0.25, 0.3) is 0 Å². The van der Waals surface area contributed by atoms with Gasteiger partial charge in [0, 0.05) is 92.8 Å². The molecule has 1 saturated carbocycles. The molecule has 1 spiro atoms. The lowest BCUT2D eigenvalue weighted by Crippen LogP contribution is -2.57. The molecule has 1 amide bonds. The van der Waals surface area contributed by atoms with E-state index in [2.05, 4.69) is 64.0 Å². The van der Waals surface area contributed by atoms with Crippen LogP contribution in [0.1, 0.15) is 45.6 Å². The van der Waals surface area contributed by atoms with Gasteiger partial charge in [-0.15, -0.1) is 0 Å². The molecule has 1 saturated heterocycles. The van der Waals surface area contributed by atoms with E-state index in [4.69, 9.17) is 4.98 Å². The van der Waals surface area contributed by atoms with Gasteiger partial charge in [-0.2, -0.15) is 10.2 Å². The van der Waals surface area contributed by atoms with Gasteiger partial charge in [0.1, 0.15) is 5.82 Å². The van der Waals surface area contributed by atoms with E-state index in [1.165, 1.54) is 0 Å². The Balaban J connectivity index is 1.30. The van der Waals surface area contributed by atoms with E-state index in [9.17, 15) is 4.79 Å². The van der Waals surface area contributed by atoms with E-state index in [-0.39, 0.29) is 16.9 Å². The molecule has 2 fully saturated rings. The summed E-state index contributed by atoms with van der Waals surface area (Å²) in [5, 5.41) is 8.96. The number of nitrogens with zero attached hydrogens (tertiary/aromatic N) is 8. The van der Waals surface area contributed by atoms with Gasteiger partial charge in [0.2, 0.25) is 5.91 Å². The van der Waals surface area contributed by atoms with Crippen molar-refractivity contribution in [2.75, 3.05) is 31.6 Å². The van der Waals surface area contributed by atoms with Crippen molar-refractivity contribution in [2.24, 2.45) is 17.5 Å². The van der Waals surface area contributed by atoms with Crippen molar-refractivity contribution in [1.29, 1.82) is 0 Å². The number of pyridine rings is 2. The molecule has 1 aliphatic carbocycles. The number of aromatic nitrogens is 5. The van der Waals surface area contributed by atoms with Crippen molar-refractivity contribution in [3.05, 3.63) is 54.7 Å². The Labute approximate surface area is 229 Å². The first-order valence-electron chi connectivity index (χ1n) is 13.6. The Morgan fingerprint density at radius 2 is 1.87 bits per heavy atom. The van der Waals surface area contributed by atoms with E-state index in [1.807, 2.05) is 48.8 Å². The van der Waals surface area contributed by atoms with Crippen LogP contribution in [0.2, 0.25) is 0 Å². The van der Waals surface area contributed by atoms with Crippen LogP contribution in [0.3, 0.4) is 0 Å². The van der Waals surface area contributed by atoms with Crippen molar-refractivity contribution < 1.29 is 4.79 Å². The Morgan fingerprint density at radius 1 is 1.05 bits per heavy atom. The molecule has 0 bridgehead atoms. The maximum atomic E-state index is 13.1. The summed E-state index contributed by atoms with van der Waals surface area (Å²) in [6, 6.07) is 6.42. The third kappa shape index (κ3) is 4.82. The smallest absolute Gasteiger partial charge is 0.223 e. The number of rotatable bonds is 5. The molecule has 202 valence electrons. The number of carbonyl (C=O) groups is 1. The Kier molecular flexibility index (Phi) is 6.04. The van der Waals surface area contributed by atoms with Crippen molar-refractivity contribution in [2.45, 2.75) is 45.6 Å². The molecule has 4 aromatic rings. The minimum absolute atomic E-state index is 0.000209. The van der Waals surface area contributed by atoms with Crippen LogP contribution in [0.15, 0.2) is 54.2 Å². The molecule has 0 N–H and O–H groups in total. The second-order valence-corrected chi connectivity index (χ2v) is 12.2. The van der Waals surface area contributed by atoms with Gasteiger partial charge in [-0.05, 0) is 36.5 Å². The first-order chi connectivity index (χ1) is 18.7. The minimum Gasteiger partial charge on any atom is -0.352 e. The van der Waals surface area contributed by atoms with Gasteiger partial charge in [0.15, 0.2) is 0 Å². The van der Waals surface area contributed by atoms with E-state index in [0.29, 0.717) is 6.42 Å². The number of amides is 1. The number of hydrogen-bond donors (Lipinski definition) is 0. The summed E-state index contributed by atoms with van der Waals surface area (Å²) in [5.41, 5.74) is 6.04. The summed E-state index contributed by atoms with van der Waals surface area (Å²) in [6.45, 7) is 8.79. The van der Waals surface area contributed by atoms with Gasteiger partial charge in [0.05, 0.1) is 23.4 Å². The third-order valence-electron chi connectivity index (χ3n) is 7.79. The van der Waals surface area contributed by atoms with Crippen LogP contribution in [-0.2, 0) is 11.8 Å². The van der Waals surface area contributed by atoms with E-state index in [1.54, 1.807) is 11.7 Å². The van der Waals surface area contributed by atoms with Crippen LogP contribution < -0.4 is 4.90 Å². The molecular formula is C30H36N8O. The molecule has 4 aromatic heterocycles. The Morgan fingerprint density at radius 3 is 2.51 bits per heavy atom. The number of aryl methyl sites for hydroxylation is 1. The zero-order chi connectivity index (χ0) is 27.4. The first-order valence-corrected chi connectivity index (χ1v) is 13.6. The third-order valence-corrected chi connectivity index (χ3v) is 7.79. The largest absolute Gasteiger partial charge is 0.352 e. The lowest BCUT2D eigenvalue weighted by atomic mass is 9.91. The zero-order valence-corrected chi connectivity index (χ0v) is 23.4. The summed E-state index contributed by atoms with van der Waals surface area (Å²) in [4.78, 5) is 26.7. The molecule has 2 aliphatic rings. The van der Waals surface area contributed by atoms with Crippen molar-refractivity contribution >= 4 is 23.5 Å². The van der Waals surface area contributed by atoms with Crippen molar-refractivity contribution in [3.8, 4) is 22.3 Å². The summed E-state index contributed by atoms with van der Waals surface area (Å²) in [6.07, 6.45) is 14.3. The number of hydrogen-bond acceptors (Lipinski definition) is 6. The fourth-order valence-electron chi connectivity index (χ4n) is 5.74. The fraction of sp³-hybridized carbons (Fsp3) is 0.433. The summed E-state index contributed by atoms with van der Waals surface area (Å²) in [5.74, 6) is 1.24. The normalized spacial score (nSPS) is 17.1. The predicted molar refractivity (Wildman–Crippen MR) is 154 cm³/mol. The maximum absolute atomic E-state index is 13.1. The predicted octanol–water partition coefficient (Wildman–Crippen LogP) is 4.46. The highest BCUT2D eigenvalue weighted by Crippen LogP contribution is 2.46. The highest BCUT2D eigenvalue weighted by molar-refractivity contribution is 5.97. The average Bonchev–Trinajstić information content (AvgIpc) is 3.31. The van der Waals surface area contributed by atoms with Crippen LogP contribution in [-0.4, -0.2) is 73.6 Å². The summed E-state index contributed by atoms with van der Waals surface area (Å²) < 4.78 is 3.71. The summed E-state index contributed by atoms with van der Waals surface area (Å²) >= 11 is 0. The van der Waals surface area contributed by atoms with Crippen LogP contribution in [0.4, 0.5) is 5.82 Å². The van der Waals surface area contributed by atoms with Gasteiger partial charge in [-0.3, -0.25) is 14.5 Å². The van der Waals surface area contributed by atoms with Crippen molar-refractivity contribution in [1.82, 2.24) is 29.3 Å². The Bertz CT molecular complexity index is 1550. The molecule has 39 heavy (non-hydrogen) atoms. The van der Waals surface area contributed by atoms with Gasteiger partial charge in [-0.1, -0.05) is 20.8 Å². The fourth-order valence-corrected chi connectivity index (χ4v) is 5.74. The van der Waals surface area contributed by atoms with Crippen LogP contribution in [0.5, 0.6) is 0 Å². The second kappa shape index (κ2) is 9.32. The minimum atomic E-state index is -0.0306. The molecule has 0 aromatic carbocycles. The average molecular weight is 525 g/mol. The number of fused-ring (bicyclic) bond motifs is 1. The van der Waals surface area contributed by atoms with Crippen LogP contribution in [0, 0.1) is 5.41 Å². The highest BCUT2D eigenvalue weighted by Gasteiger charge is 2.53. The molecule has 9 heteroatoms. The molecule has 5 heterocycles. The zero-order valence-electron chi connectivity index (χ0n) is 23.4. The number of anilines is 1. The van der Waals surface area contributed by atoms with Gasteiger partial charge >= 0.3 is 0 Å². The van der Waals surface area contributed by atoms with Gasteiger partial charge < -0.3 is 9.80 Å². The molecule has 9 nitrogen and oxygen atoms in total. The molecule has 6 rings (SSSR count). The molecule has 1 aliphatic heterocycles. The summed E-state index contributed by atoms with van der Waals surface area (Å²) in [7, 11) is 3.69. The van der Waals surface area contributed by atoms with Gasteiger partial charge in [-0.25, -0.2) is 9.50 Å². The number of carbonyl (C=O) groups excluding carboxylic acids is 1. The number of aliphatic imine (C=N–C) groups is 1. The van der Waals surface area contributed by atoms with E-state index in [0.717, 1.165) is 71.6 Å². The van der Waals surface area contributed by atoms with E-state index < -0.39 is 0 Å². The SMILES string of the molecule is C/N=C\c1cnn2cc(-c3cnn(C)c3)cc(-c3ccc(N4CCN(C(=O)CC(C)(C)C)C5(CC5)C4)nc3)c12. The van der Waals surface area contributed by atoms with E-state index >= 15 is 0 Å². The standard InChI is InChI=1S/C30H36N8O/c1-29(2,3)13-27(39)37-11-10-36(20-30(37)8-9-30)26-7-6-21(15-32-26)25-12-22(24-17-33-35(5)18-24)19-38-28(25)23(14-31-4)16-34-38/h6-7,12,14-19H,8-11,13,20H2,1-5H3/b31-14-. The Hall–Kier alpha value is -4.01. The quantitative estimate of drug-likeness (QED) is 0.360. The topological polar surface area (TPSA) is 83.9 Å².